The van der Waals surface area contributed by atoms with Crippen LogP contribution in [0, 0.1) is 0 Å². The second-order valence-corrected chi connectivity index (χ2v) is 7.88. The summed E-state index contributed by atoms with van der Waals surface area (Å²) < 4.78 is 7.83. The smallest absolute Gasteiger partial charge is 0.261 e. The normalized spacial score (nSPS) is 10.7. The monoisotopic (exact) mass is 424 g/mol. The van der Waals surface area contributed by atoms with Crippen LogP contribution in [0.5, 0.6) is 5.88 Å². The Kier molecular flexibility index (Phi) is 5.59. The van der Waals surface area contributed by atoms with Crippen LogP contribution in [0.2, 0.25) is 4.34 Å². The molecule has 4 rings (SSSR count). The number of ether oxygens (including phenoxy) is 1. The van der Waals surface area contributed by atoms with E-state index in [0.29, 0.717) is 21.6 Å². The Morgan fingerprint density at radius 2 is 2.00 bits per heavy atom. The van der Waals surface area contributed by atoms with Gasteiger partial charge in [0.15, 0.2) is 0 Å². The third-order valence-corrected chi connectivity index (χ3v) is 5.53. The molecule has 0 unspecified atom stereocenters. The zero-order valence-electron chi connectivity index (χ0n) is 15.5. The number of hydrogen-bond donors (Lipinski definition) is 1. The molecule has 0 aliphatic carbocycles. The summed E-state index contributed by atoms with van der Waals surface area (Å²) in [5.41, 5.74) is 3.68. The predicted octanol–water partition coefficient (Wildman–Crippen LogP) is 4.59. The molecule has 4 aromatic rings. The highest BCUT2D eigenvalue weighted by molar-refractivity contribution is 7.17. The summed E-state index contributed by atoms with van der Waals surface area (Å²) in [6.45, 7) is 0.340. The molecule has 8 heteroatoms. The van der Waals surface area contributed by atoms with Crippen molar-refractivity contribution in [3.8, 4) is 22.7 Å². The molecule has 0 radical (unpaired) electrons. The highest BCUT2D eigenvalue weighted by Crippen LogP contribution is 2.28. The Balaban J connectivity index is 1.44. The summed E-state index contributed by atoms with van der Waals surface area (Å²) in [7, 11) is 1.61. The lowest BCUT2D eigenvalue weighted by Gasteiger charge is -2.08. The van der Waals surface area contributed by atoms with E-state index in [2.05, 4.69) is 15.3 Å². The quantitative estimate of drug-likeness (QED) is 0.491. The summed E-state index contributed by atoms with van der Waals surface area (Å²) in [4.78, 5) is 21.3. The van der Waals surface area contributed by atoms with Crippen molar-refractivity contribution in [1.29, 1.82) is 0 Å². The summed E-state index contributed by atoms with van der Waals surface area (Å²) in [5.74, 6) is 0.430. The minimum absolute atomic E-state index is 0.161. The van der Waals surface area contributed by atoms with Gasteiger partial charge in [0, 0.05) is 23.6 Å². The van der Waals surface area contributed by atoms with Gasteiger partial charge in [-0.2, -0.15) is 0 Å². The third-order valence-electron chi connectivity index (χ3n) is 4.30. The molecule has 0 saturated carbocycles. The molecule has 6 nitrogen and oxygen atoms in total. The topological polar surface area (TPSA) is 69.0 Å². The number of nitrogens with zero attached hydrogens (tertiary/aromatic N) is 3. The first-order valence-electron chi connectivity index (χ1n) is 8.80. The Morgan fingerprint density at radius 1 is 1.17 bits per heavy atom. The number of amides is 1. The van der Waals surface area contributed by atoms with E-state index in [4.69, 9.17) is 16.3 Å². The number of rotatable bonds is 6. The van der Waals surface area contributed by atoms with Crippen molar-refractivity contribution in [3.05, 3.63) is 82.2 Å². The zero-order valence-corrected chi connectivity index (χ0v) is 17.1. The molecule has 0 saturated heterocycles. The molecule has 0 aliphatic heterocycles. The van der Waals surface area contributed by atoms with Crippen LogP contribution in [0.3, 0.4) is 0 Å². The molecule has 29 heavy (non-hydrogen) atoms. The van der Waals surface area contributed by atoms with Crippen LogP contribution in [0.25, 0.3) is 16.8 Å². The van der Waals surface area contributed by atoms with Gasteiger partial charge in [-0.25, -0.2) is 9.97 Å². The van der Waals surface area contributed by atoms with Crippen LogP contribution >= 0.6 is 22.9 Å². The predicted molar refractivity (Wildman–Crippen MR) is 114 cm³/mol. The highest BCUT2D eigenvalue weighted by Gasteiger charge is 2.10. The van der Waals surface area contributed by atoms with Gasteiger partial charge in [0.2, 0.25) is 5.88 Å². The van der Waals surface area contributed by atoms with Crippen LogP contribution < -0.4 is 10.1 Å². The molecular formula is C21H17ClN4O2S. The lowest BCUT2D eigenvalue weighted by atomic mass is 10.1. The number of imidazole rings is 1. The molecule has 1 amide bonds. The van der Waals surface area contributed by atoms with Crippen LogP contribution in [0.4, 0.5) is 0 Å². The van der Waals surface area contributed by atoms with E-state index in [9.17, 15) is 4.79 Å². The molecule has 3 heterocycles. The third kappa shape index (κ3) is 4.31. The number of thiophene rings is 1. The minimum Gasteiger partial charge on any atom is -0.481 e. The van der Waals surface area contributed by atoms with E-state index >= 15 is 0 Å². The van der Waals surface area contributed by atoms with Gasteiger partial charge < -0.3 is 14.6 Å². The summed E-state index contributed by atoms with van der Waals surface area (Å²) >= 11 is 7.12. The maximum Gasteiger partial charge on any atom is 0.261 e. The molecule has 0 atom stereocenters. The standard InChI is InChI=1S/C21H17ClN4O2S/c1-28-21-17(3-2-10-23-21)14-4-6-16(7-5-14)26-12-15(25-13-26)11-24-20(27)18-8-9-19(22)29-18/h2-10,12-13H,11H2,1H3,(H,24,27). The van der Waals surface area contributed by atoms with E-state index in [-0.39, 0.29) is 5.91 Å². The first-order chi connectivity index (χ1) is 14.1. The van der Waals surface area contributed by atoms with Gasteiger partial charge in [-0.3, -0.25) is 4.79 Å². The second-order valence-electron chi connectivity index (χ2n) is 6.17. The van der Waals surface area contributed by atoms with Crippen molar-refractivity contribution in [1.82, 2.24) is 19.9 Å². The molecule has 1 aromatic carbocycles. The maximum absolute atomic E-state index is 12.1. The number of carbonyl (C=O) groups is 1. The largest absolute Gasteiger partial charge is 0.481 e. The molecule has 0 spiro atoms. The average Bonchev–Trinajstić information content (AvgIpc) is 3.41. The number of benzene rings is 1. The summed E-state index contributed by atoms with van der Waals surface area (Å²) in [5, 5.41) is 2.85. The van der Waals surface area contributed by atoms with Crippen molar-refractivity contribution in [3.63, 3.8) is 0 Å². The van der Waals surface area contributed by atoms with Crippen LogP contribution in [0.15, 0.2) is 67.3 Å². The van der Waals surface area contributed by atoms with E-state index in [0.717, 1.165) is 22.5 Å². The number of aromatic nitrogens is 3. The summed E-state index contributed by atoms with van der Waals surface area (Å²) in [6.07, 6.45) is 5.32. The summed E-state index contributed by atoms with van der Waals surface area (Å²) in [6, 6.07) is 15.3. The number of pyridine rings is 1. The van der Waals surface area contributed by atoms with Crippen molar-refractivity contribution in [2.45, 2.75) is 6.54 Å². The molecule has 146 valence electrons. The van der Waals surface area contributed by atoms with E-state index in [1.165, 1.54) is 11.3 Å². The first kappa shape index (κ1) is 19.2. The maximum atomic E-state index is 12.1. The second kappa shape index (κ2) is 8.46. The Labute approximate surface area is 176 Å². The fraction of sp³-hybridized carbons (Fsp3) is 0.0952. The van der Waals surface area contributed by atoms with Crippen molar-refractivity contribution in [2.75, 3.05) is 7.11 Å². The Bertz CT molecular complexity index is 1140. The number of halogens is 1. The Hall–Kier alpha value is -3.16. The minimum atomic E-state index is -0.161. The lowest BCUT2D eigenvalue weighted by molar-refractivity contribution is 0.0954. The van der Waals surface area contributed by atoms with Gasteiger partial charge in [-0.1, -0.05) is 23.7 Å². The number of carbonyl (C=O) groups excluding carboxylic acids is 1. The molecule has 1 N–H and O–H groups in total. The van der Waals surface area contributed by atoms with Gasteiger partial charge in [-0.15, -0.1) is 11.3 Å². The van der Waals surface area contributed by atoms with Crippen molar-refractivity contribution < 1.29 is 9.53 Å². The van der Waals surface area contributed by atoms with Crippen LogP contribution in [0.1, 0.15) is 15.4 Å². The molecular weight excluding hydrogens is 408 g/mol. The van der Waals surface area contributed by atoms with Crippen LogP contribution in [-0.4, -0.2) is 27.6 Å². The molecule has 0 aliphatic rings. The number of hydrogen-bond acceptors (Lipinski definition) is 5. The van der Waals surface area contributed by atoms with Gasteiger partial charge >= 0.3 is 0 Å². The number of nitrogens with one attached hydrogen (secondary N) is 1. The lowest BCUT2D eigenvalue weighted by Crippen LogP contribution is -2.21. The van der Waals surface area contributed by atoms with Gasteiger partial charge in [0.25, 0.3) is 5.91 Å². The van der Waals surface area contributed by atoms with E-state index in [1.54, 1.807) is 31.8 Å². The zero-order chi connectivity index (χ0) is 20.2. The van der Waals surface area contributed by atoms with Gasteiger partial charge in [0.05, 0.1) is 34.9 Å². The van der Waals surface area contributed by atoms with E-state index in [1.807, 2.05) is 47.2 Å². The fourth-order valence-electron chi connectivity index (χ4n) is 2.88. The van der Waals surface area contributed by atoms with Crippen molar-refractivity contribution in [2.24, 2.45) is 0 Å². The SMILES string of the molecule is COc1ncccc1-c1ccc(-n2cnc(CNC(=O)c3ccc(Cl)s3)c2)cc1. The van der Waals surface area contributed by atoms with Gasteiger partial charge in [0.1, 0.15) is 0 Å². The van der Waals surface area contributed by atoms with Crippen molar-refractivity contribution >= 4 is 28.8 Å². The average molecular weight is 425 g/mol. The molecule has 0 bridgehead atoms. The first-order valence-corrected chi connectivity index (χ1v) is 9.99. The fourth-order valence-corrected chi connectivity index (χ4v) is 3.84. The van der Waals surface area contributed by atoms with E-state index < -0.39 is 0 Å². The highest BCUT2D eigenvalue weighted by atomic mass is 35.5. The Morgan fingerprint density at radius 3 is 2.72 bits per heavy atom. The number of methoxy groups -OCH3 is 1. The molecule has 3 aromatic heterocycles. The van der Waals surface area contributed by atoms with Crippen LogP contribution in [-0.2, 0) is 6.54 Å². The molecule has 0 fully saturated rings. The van der Waals surface area contributed by atoms with Gasteiger partial charge in [-0.05, 0) is 42.0 Å².